The normalized spacial score (nSPS) is 11.3. The van der Waals surface area contributed by atoms with Crippen molar-refractivity contribution in [2.24, 2.45) is 14.1 Å². The fraction of sp³-hybridized carbons (Fsp3) is 0.433. The summed E-state index contributed by atoms with van der Waals surface area (Å²) in [7, 11) is 4.34. The average molecular weight is 1390 g/mol. The van der Waals surface area contributed by atoms with Crippen molar-refractivity contribution in [3.05, 3.63) is 207 Å². The van der Waals surface area contributed by atoms with Crippen molar-refractivity contribution in [3.8, 4) is 0 Å². The highest BCUT2D eigenvalue weighted by Gasteiger charge is 2.22. The van der Waals surface area contributed by atoms with Gasteiger partial charge in [-0.2, -0.15) is 0 Å². The molecule has 0 N–H and O–H groups in total. The van der Waals surface area contributed by atoms with E-state index in [0.29, 0.717) is 0 Å². The number of benzene rings is 7. The predicted octanol–water partition coefficient (Wildman–Crippen LogP) is 25.4. The van der Waals surface area contributed by atoms with E-state index >= 15 is 0 Å². The van der Waals surface area contributed by atoms with Gasteiger partial charge in [-0.05, 0) is 395 Å². The van der Waals surface area contributed by atoms with Crippen molar-refractivity contribution in [2.45, 2.75) is 256 Å². The molecule has 0 unspecified atom stereocenters. The van der Waals surface area contributed by atoms with Crippen LogP contribution in [0.1, 0.15) is 207 Å². The first kappa shape index (κ1) is 79.1. The van der Waals surface area contributed by atoms with Gasteiger partial charge in [0.1, 0.15) is 22.1 Å². The van der Waals surface area contributed by atoms with Crippen molar-refractivity contribution < 1.29 is 17.7 Å². The van der Waals surface area contributed by atoms with Gasteiger partial charge >= 0.3 is 0 Å². The first-order chi connectivity index (χ1) is 47.3. The van der Waals surface area contributed by atoms with E-state index in [4.69, 9.17) is 17.7 Å². The largest absolute Gasteiger partial charge is 0.441 e. The molecule has 0 fully saturated rings. The van der Waals surface area contributed by atoms with E-state index in [9.17, 15) is 0 Å². The number of rotatable bonds is 0. The molecule has 0 aliphatic carbocycles. The highest BCUT2D eigenvalue weighted by atomic mass is 32.1. The van der Waals surface area contributed by atoms with Crippen LogP contribution in [-0.2, 0) is 14.1 Å². The van der Waals surface area contributed by atoms with Gasteiger partial charge in [0.15, 0.2) is 45.9 Å². The van der Waals surface area contributed by atoms with Crippen LogP contribution in [0.5, 0.6) is 0 Å². The molecule has 542 valence electrons. The molecular weight excluding hydrogens is 1280 g/mol. The van der Waals surface area contributed by atoms with Crippen LogP contribution in [0.15, 0.2) is 17.7 Å². The Balaban J connectivity index is 0.000000151. The molecule has 0 radical (unpaired) electrons. The number of aromatic nitrogens is 7. The van der Waals surface area contributed by atoms with Crippen LogP contribution in [0.25, 0.3) is 76.4 Å². The van der Waals surface area contributed by atoms with Crippen molar-refractivity contribution in [2.75, 3.05) is 0 Å². The fourth-order valence-electron chi connectivity index (χ4n) is 14.8. The van der Waals surface area contributed by atoms with Crippen LogP contribution in [0.4, 0.5) is 0 Å². The molecule has 0 bridgehead atoms. The van der Waals surface area contributed by atoms with Crippen LogP contribution in [0.2, 0.25) is 0 Å². The van der Waals surface area contributed by atoms with Crippen LogP contribution in [0, 0.1) is 256 Å². The summed E-state index contributed by atoms with van der Waals surface area (Å²) in [6, 6.07) is 0. The van der Waals surface area contributed by atoms with E-state index in [1.165, 1.54) is 210 Å². The predicted molar refractivity (Wildman–Crippen MR) is 437 cm³/mol. The number of nitrogens with zero attached hydrogens (tertiary/aromatic N) is 7. The number of fused-ring (bicyclic) bond motifs is 7. The molecule has 7 aromatic carbocycles. The minimum atomic E-state index is 0.746. The third kappa shape index (κ3) is 13.9. The number of aryl methyl sites for hydroxylation is 23. The molecule has 11 nitrogen and oxygen atoms in total. The van der Waals surface area contributed by atoms with Gasteiger partial charge in [0.2, 0.25) is 0 Å². The second-order valence-corrected chi connectivity index (χ2v) is 30.7. The van der Waals surface area contributed by atoms with Crippen molar-refractivity contribution in [1.29, 1.82) is 0 Å². The number of oxazole rings is 4. The molecule has 7 heterocycles. The van der Waals surface area contributed by atoms with E-state index in [2.05, 4.69) is 277 Å². The summed E-state index contributed by atoms with van der Waals surface area (Å²) in [5.41, 5.74) is 54.9. The molecule has 14 aromatic rings. The number of thiazole rings is 1. The second kappa shape index (κ2) is 30.0. The molecule has 0 spiro atoms. The lowest BCUT2D eigenvalue weighted by atomic mass is 9.94. The number of hydrogen-bond donors (Lipinski definition) is 0. The lowest BCUT2D eigenvalue weighted by molar-refractivity contribution is 0.558. The summed E-state index contributed by atoms with van der Waals surface area (Å²) in [4.78, 5) is 22.2. The van der Waals surface area contributed by atoms with E-state index in [1.54, 1.807) is 11.3 Å². The standard InChI is InChI=1S/2C15H21N.4C12H15NO.C12H15NS/c2*1-8-9(2)11(4)15-14(10(8)3)12(5)13(6)16(15)7;5*1-6-7(2)9(4)12-11(8(6)3)13-10(5)14-12/h2*1-7H3;5*1-5H3. The lowest BCUT2D eigenvalue weighted by Crippen LogP contribution is -1.97. The zero-order chi connectivity index (χ0) is 76.7. The zero-order valence-corrected chi connectivity index (χ0v) is 70.5. The van der Waals surface area contributed by atoms with Crippen molar-refractivity contribution in [3.63, 3.8) is 0 Å². The van der Waals surface area contributed by atoms with Gasteiger partial charge in [0.25, 0.3) is 0 Å². The van der Waals surface area contributed by atoms with Gasteiger partial charge in [-0.25, -0.2) is 24.9 Å². The average Bonchev–Trinajstić information content (AvgIpc) is 1.60. The van der Waals surface area contributed by atoms with E-state index in [1.807, 2.05) is 27.7 Å². The smallest absolute Gasteiger partial charge is 0.192 e. The minimum absolute atomic E-state index is 0.746. The third-order valence-corrected chi connectivity index (χ3v) is 25.5. The molecule has 7 aromatic heterocycles. The summed E-state index contributed by atoms with van der Waals surface area (Å²) in [5, 5.41) is 4.08. The maximum atomic E-state index is 5.60. The van der Waals surface area contributed by atoms with E-state index < -0.39 is 0 Å². The minimum Gasteiger partial charge on any atom is -0.441 e. The Kier molecular flexibility index (Phi) is 23.3. The summed E-state index contributed by atoms with van der Waals surface area (Å²) < 4.78 is 28.4. The monoisotopic (exact) mass is 1390 g/mol. The molecule has 12 heteroatoms. The fourth-order valence-corrected chi connectivity index (χ4v) is 15.8. The van der Waals surface area contributed by atoms with Gasteiger partial charge in [-0.15, -0.1) is 11.3 Å². The Morgan fingerprint density at radius 3 is 0.667 bits per heavy atom. The first-order valence-corrected chi connectivity index (χ1v) is 36.9. The molecular formula is C90H117N7O4S. The summed E-state index contributed by atoms with van der Waals surface area (Å²) in [5.74, 6) is 2.99. The van der Waals surface area contributed by atoms with Gasteiger partial charge < -0.3 is 26.8 Å². The van der Waals surface area contributed by atoms with Gasteiger partial charge in [-0.1, -0.05) is 0 Å². The quantitative estimate of drug-likeness (QED) is 0.146. The Hall–Kier alpha value is -8.61. The van der Waals surface area contributed by atoms with Gasteiger partial charge in [-0.3, -0.25) is 0 Å². The third-order valence-electron chi connectivity index (χ3n) is 24.4. The van der Waals surface area contributed by atoms with Gasteiger partial charge in [0.05, 0.1) is 26.3 Å². The molecule has 14 rings (SSSR count). The maximum absolute atomic E-state index is 5.60. The lowest BCUT2D eigenvalue weighted by Gasteiger charge is -2.12. The topological polar surface area (TPSA) is 127 Å². The SMILES string of the molecule is Cc1c(C)c(C)c2c(c1C)c(C)c(C)n2C.Cc1c(C)c(C)c2c(c1C)c(C)c(C)n2C.Cc1nc2c(C)c(C)c(C)c(C)c2o1.Cc1nc2c(C)c(C)c(C)c(C)c2o1.Cc1nc2c(C)c(C)c(C)c(C)c2o1.Cc1nc2c(C)c(C)c(C)c(C)c2o1.Cc1nc2c(C)c(C)c(C)c(C)c2s1. The summed E-state index contributed by atoms with van der Waals surface area (Å²) in [6.45, 7) is 79.1. The Labute approximate surface area is 613 Å². The Morgan fingerprint density at radius 2 is 0.412 bits per heavy atom. The van der Waals surface area contributed by atoms with E-state index in [-0.39, 0.29) is 0 Å². The highest BCUT2D eigenvalue weighted by Crippen LogP contribution is 2.39. The molecule has 0 saturated heterocycles. The van der Waals surface area contributed by atoms with Crippen molar-refractivity contribution in [1.82, 2.24) is 34.1 Å². The molecule has 0 aliphatic rings. The molecule has 0 saturated carbocycles. The van der Waals surface area contributed by atoms with Crippen LogP contribution in [0.3, 0.4) is 0 Å². The van der Waals surface area contributed by atoms with Crippen molar-refractivity contribution >= 4 is 87.8 Å². The maximum Gasteiger partial charge on any atom is 0.192 e. The first-order valence-electron chi connectivity index (χ1n) is 36.1. The summed E-state index contributed by atoms with van der Waals surface area (Å²) in [6.07, 6.45) is 0. The Morgan fingerprint density at radius 1 is 0.206 bits per heavy atom. The van der Waals surface area contributed by atoms with Crippen LogP contribution in [-0.4, -0.2) is 34.1 Å². The molecule has 0 atom stereocenters. The van der Waals surface area contributed by atoms with E-state index in [0.717, 1.165) is 73.0 Å². The number of hydrogen-bond acceptors (Lipinski definition) is 10. The molecule has 0 amide bonds. The summed E-state index contributed by atoms with van der Waals surface area (Å²) >= 11 is 1.80. The molecule has 0 aliphatic heterocycles. The Bertz CT molecular complexity index is 4680. The molecule has 102 heavy (non-hydrogen) atoms. The van der Waals surface area contributed by atoms with Gasteiger partial charge in [0, 0.05) is 64.0 Å². The van der Waals surface area contributed by atoms with Crippen LogP contribution < -0.4 is 0 Å². The second-order valence-electron chi connectivity index (χ2n) is 29.5. The zero-order valence-electron chi connectivity index (χ0n) is 69.7. The highest BCUT2D eigenvalue weighted by molar-refractivity contribution is 7.18. The van der Waals surface area contributed by atoms with Crippen LogP contribution >= 0.6 is 11.3 Å².